The number of ether oxygens (including phenoxy) is 9. The van der Waals surface area contributed by atoms with Crippen LogP contribution in [0.2, 0.25) is 0 Å². The van der Waals surface area contributed by atoms with E-state index in [9.17, 15) is 0 Å². The van der Waals surface area contributed by atoms with Crippen LogP contribution in [0.3, 0.4) is 0 Å². The molecule has 0 amide bonds. The first-order valence-corrected chi connectivity index (χ1v) is 19.7. The minimum absolute atomic E-state index is 0.346. The highest BCUT2D eigenvalue weighted by molar-refractivity contribution is 5.32. The normalized spacial score (nSPS) is 23.5. The zero-order chi connectivity index (χ0) is 35.5. The maximum atomic E-state index is 8.32. The van der Waals surface area contributed by atoms with E-state index in [-0.39, 0.29) is 24.4 Å². The van der Waals surface area contributed by atoms with Gasteiger partial charge < -0.3 is 42.6 Å². The molecule has 2 aromatic carbocycles. The maximum Gasteiger partial charge on any atom is 0.147 e. The number of hydrogen-bond donors (Lipinski definition) is 0. The Hall–Kier alpha value is -1.92. The molecule has 0 aliphatic carbocycles. The highest BCUT2D eigenvalue weighted by atomic mass is 16.6. The van der Waals surface area contributed by atoms with E-state index in [1.165, 1.54) is 0 Å². The van der Waals surface area contributed by atoms with Gasteiger partial charge in [0.25, 0.3) is 0 Å². The van der Waals surface area contributed by atoms with Crippen LogP contribution in [0.4, 0.5) is 0 Å². The van der Waals surface area contributed by atoms with Crippen LogP contribution in [-0.4, -0.2) is 104 Å². The Morgan fingerprint density at radius 2 is 0.706 bits per heavy atom. The van der Waals surface area contributed by atoms with Crippen LogP contribution in [-0.2, 0) is 53.8 Å². The molecule has 0 aromatic heterocycles. The van der Waals surface area contributed by atoms with Crippen molar-refractivity contribution in [2.75, 3.05) is 79.3 Å². The minimum atomic E-state index is -1.04. The van der Waals surface area contributed by atoms with Gasteiger partial charge in [0.1, 0.15) is 11.2 Å². The van der Waals surface area contributed by atoms with Gasteiger partial charge in [-0.05, 0) is 36.8 Å². The lowest BCUT2D eigenvalue weighted by Gasteiger charge is -2.55. The van der Waals surface area contributed by atoms with Crippen molar-refractivity contribution in [1.82, 2.24) is 0 Å². The summed E-state index contributed by atoms with van der Waals surface area (Å²) in [5, 5.41) is 0. The molecule has 6 rings (SSSR count). The molecule has 9 heteroatoms. The molecule has 4 unspecified atom stereocenters. The molecule has 51 heavy (non-hydrogen) atoms. The molecule has 9 nitrogen and oxygen atoms in total. The van der Waals surface area contributed by atoms with Crippen LogP contribution < -0.4 is 0 Å². The largest absolute Gasteiger partial charge is 0.381 e. The van der Waals surface area contributed by atoms with Crippen molar-refractivity contribution >= 4 is 0 Å². The molecule has 0 spiro atoms. The van der Waals surface area contributed by atoms with Crippen molar-refractivity contribution in [2.45, 2.75) is 89.0 Å². The second-order valence-electron chi connectivity index (χ2n) is 15.0. The summed E-state index contributed by atoms with van der Waals surface area (Å²) >= 11 is 0. The SMILES string of the molecule is CCC(OCC1COC1)C(OC(c1ccccc1)(C(CC)OCC1COC1)C(CC)OCC1COC1)(c1ccccc1)C(CC)OCC1COC1. The lowest BCUT2D eigenvalue weighted by molar-refractivity contribution is -0.328. The Morgan fingerprint density at radius 1 is 0.451 bits per heavy atom. The van der Waals surface area contributed by atoms with E-state index >= 15 is 0 Å². The molecule has 4 saturated heterocycles. The summed E-state index contributed by atoms with van der Waals surface area (Å²) in [6, 6.07) is 21.3. The summed E-state index contributed by atoms with van der Waals surface area (Å²) < 4.78 is 58.9. The zero-order valence-corrected chi connectivity index (χ0v) is 31.4. The second-order valence-corrected chi connectivity index (χ2v) is 15.0. The van der Waals surface area contributed by atoms with Crippen LogP contribution in [0.15, 0.2) is 60.7 Å². The van der Waals surface area contributed by atoms with Crippen molar-refractivity contribution in [1.29, 1.82) is 0 Å². The fourth-order valence-electron chi connectivity index (χ4n) is 7.93. The summed E-state index contributed by atoms with van der Waals surface area (Å²) in [6.07, 6.45) is 1.48. The molecule has 4 aliphatic rings. The van der Waals surface area contributed by atoms with E-state index in [0.29, 0.717) is 129 Å². The van der Waals surface area contributed by atoms with Gasteiger partial charge in [-0.3, -0.25) is 0 Å². The summed E-state index contributed by atoms with van der Waals surface area (Å²) in [5.74, 6) is 1.42. The Bertz CT molecular complexity index is 1110. The predicted molar refractivity (Wildman–Crippen MR) is 195 cm³/mol. The Morgan fingerprint density at radius 3 is 0.902 bits per heavy atom. The molecule has 4 fully saturated rings. The molecule has 284 valence electrons. The van der Waals surface area contributed by atoms with E-state index in [1.54, 1.807) is 0 Å². The first-order chi connectivity index (χ1) is 25.1. The van der Waals surface area contributed by atoms with Crippen molar-refractivity contribution in [3.8, 4) is 0 Å². The van der Waals surface area contributed by atoms with Crippen molar-refractivity contribution in [3.63, 3.8) is 0 Å². The molecule has 4 aliphatic heterocycles. The van der Waals surface area contributed by atoms with Crippen LogP contribution >= 0.6 is 0 Å². The third-order valence-electron chi connectivity index (χ3n) is 11.1. The molecule has 0 N–H and O–H groups in total. The lowest BCUT2D eigenvalue weighted by Crippen LogP contribution is -2.64. The van der Waals surface area contributed by atoms with Crippen LogP contribution in [0, 0.1) is 23.7 Å². The summed E-state index contributed by atoms with van der Waals surface area (Å²) in [5.41, 5.74) is -0.0168. The van der Waals surface area contributed by atoms with E-state index < -0.39 is 11.2 Å². The van der Waals surface area contributed by atoms with Gasteiger partial charge in [0.05, 0.1) is 104 Å². The Kier molecular flexibility index (Phi) is 14.4. The average molecular weight is 711 g/mol. The topological polar surface area (TPSA) is 83.1 Å². The molecule has 4 heterocycles. The average Bonchev–Trinajstić information content (AvgIpc) is 3.08. The molecular weight excluding hydrogens is 648 g/mol. The molecule has 4 atom stereocenters. The third-order valence-corrected chi connectivity index (χ3v) is 11.1. The molecule has 0 saturated carbocycles. The van der Waals surface area contributed by atoms with Crippen LogP contribution in [0.25, 0.3) is 0 Å². The van der Waals surface area contributed by atoms with Gasteiger partial charge in [0.15, 0.2) is 0 Å². The highest BCUT2D eigenvalue weighted by Gasteiger charge is 2.59. The van der Waals surface area contributed by atoms with Gasteiger partial charge in [-0.25, -0.2) is 0 Å². The van der Waals surface area contributed by atoms with Gasteiger partial charge in [0, 0.05) is 23.7 Å². The van der Waals surface area contributed by atoms with Gasteiger partial charge in [-0.1, -0.05) is 88.4 Å². The number of benzene rings is 2. The van der Waals surface area contributed by atoms with Gasteiger partial charge in [-0.15, -0.1) is 0 Å². The Balaban J connectivity index is 1.53. The predicted octanol–water partition coefficient (Wildman–Crippen LogP) is 6.56. The molecule has 0 bridgehead atoms. The first-order valence-electron chi connectivity index (χ1n) is 19.7. The van der Waals surface area contributed by atoms with Crippen LogP contribution in [0.5, 0.6) is 0 Å². The maximum absolute atomic E-state index is 8.32. The van der Waals surface area contributed by atoms with Crippen molar-refractivity contribution in [2.24, 2.45) is 23.7 Å². The van der Waals surface area contributed by atoms with Gasteiger partial charge >= 0.3 is 0 Å². The molecular formula is C42H62O9. The number of hydrogen-bond acceptors (Lipinski definition) is 9. The van der Waals surface area contributed by atoms with Gasteiger partial charge in [0.2, 0.25) is 0 Å². The minimum Gasteiger partial charge on any atom is -0.381 e. The zero-order valence-electron chi connectivity index (χ0n) is 31.4. The van der Waals surface area contributed by atoms with Crippen molar-refractivity contribution < 1.29 is 42.6 Å². The summed E-state index contributed by atoms with van der Waals surface area (Å²) in [4.78, 5) is 0. The highest BCUT2D eigenvalue weighted by Crippen LogP contribution is 2.51. The quantitative estimate of drug-likeness (QED) is 0.120. The van der Waals surface area contributed by atoms with E-state index in [0.717, 1.165) is 11.1 Å². The molecule has 2 aromatic rings. The fourth-order valence-corrected chi connectivity index (χ4v) is 7.93. The second kappa shape index (κ2) is 18.9. The first kappa shape index (κ1) is 38.8. The standard InChI is InChI=1S/C42H62O9/c1-5-37(47-27-31-19-43-20-31)41(35-15-11-9-12-16-35,38(6-2)48-28-32-21-44-22-32)51-42(36-17-13-10-14-18-36,39(7-3)49-29-33-23-45-24-33)40(8-4)50-30-34-25-46-26-34/h9-18,31-34,37-40H,5-8,19-30H2,1-4H3. The van der Waals surface area contributed by atoms with E-state index in [4.69, 9.17) is 42.6 Å². The van der Waals surface area contributed by atoms with Gasteiger partial charge in [-0.2, -0.15) is 0 Å². The number of rotatable bonds is 24. The smallest absolute Gasteiger partial charge is 0.147 e. The molecule has 0 radical (unpaired) electrons. The van der Waals surface area contributed by atoms with Crippen molar-refractivity contribution in [3.05, 3.63) is 71.8 Å². The lowest BCUT2D eigenvalue weighted by atomic mass is 9.75. The van der Waals surface area contributed by atoms with E-state index in [1.807, 2.05) is 0 Å². The summed E-state index contributed by atoms with van der Waals surface area (Å²) in [6.45, 7) is 16.9. The van der Waals surface area contributed by atoms with E-state index in [2.05, 4.69) is 88.4 Å². The Labute approximate surface area is 305 Å². The third kappa shape index (κ3) is 8.74. The monoisotopic (exact) mass is 710 g/mol. The fraction of sp³-hybridized carbons (Fsp3) is 0.714. The summed E-state index contributed by atoms with van der Waals surface area (Å²) in [7, 11) is 0. The van der Waals surface area contributed by atoms with Crippen LogP contribution in [0.1, 0.15) is 64.5 Å².